The van der Waals surface area contributed by atoms with Crippen LogP contribution in [0.5, 0.6) is 0 Å². The fourth-order valence-corrected chi connectivity index (χ4v) is 3.66. The van der Waals surface area contributed by atoms with Crippen molar-refractivity contribution in [3.8, 4) is 0 Å². The van der Waals surface area contributed by atoms with Crippen LogP contribution in [0.1, 0.15) is 55.6 Å². The standard InChI is InChI=1S/C17H20N4O7S/c1-6-27-16(23)10-8(3)13(17(24)28-7-2)29-15(10)18-14(22)11-12(21(25)26)9(4)20(5)19-11/h6-7H2,1-5H3,(H,18,22). The lowest BCUT2D eigenvalue weighted by atomic mass is 10.1. The zero-order chi connectivity index (χ0) is 21.9. The maximum atomic E-state index is 12.7. The molecule has 1 N–H and O–H groups in total. The van der Waals surface area contributed by atoms with E-state index in [2.05, 4.69) is 10.4 Å². The van der Waals surface area contributed by atoms with E-state index in [4.69, 9.17) is 9.47 Å². The van der Waals surface area contributed by atoms with Crippen LogP contribution in [0.25, 0.3) is 0 Å². The fourth-order valence-electron chi connectivity index (χ4n) is 2.57. The molecule has 29 heavy (non-hydrogen) atoms. The molecule has 0 radical (unpaired) electrons. The van der Waals surface area contributed by atoms with Crippen molar-refractivity contribution in [3.05, 3.63) is 37.5 Å². The van der Waals surface area contributed by atoms with Crippen molar-refractivity contribution in [1.29, 1.82) is 0 Å². The number of aromatic nitrogens is 2. The van der Waals surface area contributed by atoms with Crippen LogP contribution in [0.3, 0.4) is 0 Å². The van der Waals surface area contributed by atoms with Gasteiger partial charge in [0.05, 0.1) is 23.7 Å². The molecule has 156 valence electrons. The Labute approximate surface area is 169 Å². The number of hydrogen-bond acceptors (Lipinski definition) is 9. The van der Waals surface area contributed by atoms with E-state index >= 15 is 0 Å². The Bertz CT molecular complexity index is 993. The summed E-state index contributed by atoms with van der Waals surface area (Å²) in [6.45, 7) is 6.45. The van der Waals surface area contributed by atoms with Crippen LogP contribution < -0.4 is 5.32 Å². The maximum absolute atomic E-state index is 12.7. The summed E-state index contributed by atoms with van der Waals surface area (Å²) in [7, 11) is 1.47. The van der Waals surface area contributed by atoms with Crippen LogP contribution in [-0.4, -0.2) is 45.8 Å². The Balaban J connectivity index is 2.51. The highest BCUT2D eigenvalue weighted by atomic mass is 32.1. The minimum atomic E-state index is -0.886. The number of nitrogens with zero attached hydrogens (tertiary/aromatic N) is 3. The largest absolute Gasteiger partial charge is 0.462 e. The van der Waals surface area contributed by atoms with Crippen LogP contribution in [0.4, 0.5) is 10.7 Å². The zero-order valence-electron chi connectivity index (χ0n) is 16.5. The molecule has 0 unspecified atom stereocenters. The van der Waals surface area contributed by atoms with Gasteiger partial charge in [0, 0.05) is 7.05 Å². The van der Waals surface area contributed by atoms with Crippen molar-refractivity contribution in [2.45, 2.75) is 27.7 Å². The lowest BCUT2D eigenvalue weighted by Gasteiger charge is -2.06. The van der Waals surface area contributed by atoms with Gasteiger partial charge in [0.2, 0.25) is 5.69 Å². The average molecular weight is 424 g/mol. The molecule has 2 aromatic heterocycles. The molecule has 0 aliphatic heterocycles. The molecule has 0 aliphatic carbocycles. The molecule has 0 saturated heterocycles. The number of thiophene rings is 1. The third kappa shape index (κ3) is 4.26. The highest BCUT2D eigenvalue weighted by Gasteiger charge is 2.32. The SMILES string of the molecule is CCOC(=O)c1sc(NC(=O)c2nn(C)c(C)c2[N+](=O)[O-])c(C(=O)OCC)c1C. The number of hydrogen-bond donors (Lipinski definition) is 1. The van der Waals surface area contributed by atoms with Crippen LogP contribution in [0.2, 0.25) is 0 Å². The Morgan fingerprint density at radius 3 is 2.31 bits per heavy atom. The van der Waals surface area contributed by atoms with Gasteiger partial charge >= 0.3 is 17.6 Å². The molecule has 2 heterocycles. The molecule has 12 heteroatoms. The molecule has 0 aliphatic rings. The number of nitro groups is 1. The second kappa shape index (κ2) is 8.82. The topological polar surface area (TPSA) is 143 Å². The second-order valence-corrected chi connectivity index (χ2v) is 6.84. The molecule has 0 fully saturated rings. The third-order valence-electron chi connectivity index (χ3n) is 4.01. The number of ether oxygens (including phenoxy) is 2. The van der Waals surface area contributed by atoms with Crippen molar-refractivity contribution in [2.24, 2.45) is 7.05 Å². The molecule has 11 nitrogen and oxygen atoms in total. The second-order valence-electron chi connectivity index (χ2n) is 5.82. The minimum absolute atomic E-state index is 0.0106. The molecule has 0 bridgehead atoms. The molecular weight excluding hydrogens is 404 g/mol. The Morgan fingerprint density at radius 1 is 1.17 bits per heavy atom. The first kappa shape index (κ1) is 22.0. The first-order valence-electron chi connectivity index (χ1n) is 8.60. The molecule has 0 saturated carbocycles. The molecule has 0 aromatic carbocycles. The smallest absolute Gasteiger partial charge is 0.348 e. The summed E-state index contributed by atoms with van der Waals surface area (Å²) in [5.74, 6) is -2.28. The summed E-state index contributed by atoms with van der Waals surface area (Å²) in [5, 5.41) is 17.7. The number of carbonyl (C=O) groups is 3. The van der Waals surface area contributed by atoms with Crippen LogP contribution in [0, 0.1) is 24.0 Å². The number of amides is 1. The number of rotatable bonds is 7. The first-order valence-corrected chi connectivity index (χ1v) is 9.42. The Hall–Kier alpha value is -3.28. The number of anilines is 1. The minimum Gasteiger partial charge on any atom is -0.462 e. The van der Waals surface area contributed by atoms with Crippen molar-refractivity contribution < 1.29 is 28.8 Å². The van der Waals surface area contributed by atoms with E-state index in [-0.39, 0.29) is 39.9 Å². The van der Waals surface area contributed by atoms with Crippen molar-refractivity contribution in [2.75, 3.05) is 18.5 Å². The van der Waals surface area contributed by atoms with Gasteiger partial charge in [-0.25, -0.2) is 9.59 Å². The number of nitrogens with one attached hydrogen (secondary N) is 1. The molecule has 1 amide bonds. The molecule has 0 atom stereocenters. The fraction of sp³-hybridized carbons (Fsp3) is 0.412. The highest BCUT2D eigenvalue weighted by Crippen LogP contribution is 2.35. The third-order valence-corrected chi connectivity index (χ3v) is 5.20. The molecule has 2 aromatic rings. The number of carbonyl (C=O) groups excluding carboxylic acids is 3. The highest BCUT2D eigenvalue weighted by molar-refractivity contribution is 7.18. The summed E-state index contributed by atoms with van der Waals surface area (Å²) >= 11 is 0.825. The van der Waals surface area contributed by atoms with E-state index in [1.165, 1.54) is 25.6 Å². The summed E-state index contributed by atoms with van der Waals surface area (Å²) in [5.41, 5.74) is -0.382. The van der Waals surface area contributed by atoms with Crippen LogP contribution >= 0.6 is 11.3 Å². The zero-order valence-corrected chi connectivity index (χ0v) is 17.3. The van der Waals surface area contributed by atoms with Gasteiger partial charge in [-0.3, -0.25) is 19.6 Å². The first-order chi connectivity index (χ1) is 13.6. The van der Waals surface area contributed by atoms with Gasteiger partial charge in [0.15, 0.2) is 0 Å². The average Bonchev–Trinajstić information content (AvgIpc) is 3.12. The van der Waals surface area contributed by atoms with Gasteiger partial charge < -0.3 is 14.8 Å². The van der Waals surface area contributed by atoms with Gasteiger partial charge in [0.1, 0.15) is 15.6 Å². The predicted octanol–water partition coefficient (Wildman–Crippen LogP) is 2.61. The predicted molar refractivity (Wildman–Crippen MR) is 104 cm³/mol. The lowest BCUT2D eigenvalue weighted by molar-refractivity contribution is -0.385. The summed E-state index contributed by atoms with van der Waals surface area (Å²) in [6.07, 6.45) is 0. The lowest BCUT2D eigenvalue weighted by Crippen LogP contribution is -2.16. The van der Waals surface area contributed by atoms with Crippen molar-refractivity contribution in [3.63, 3.8) is 0 Å². The summed E-state index contributed by atoms with van der Waals surface area (Å²) < 4.78 is 11.2. The molecule has 0 spiro atoms. The quantitative estimate of drug-likeness (QED) is 0.406. The summed E-state index contributed by atoms with van der Waals surface area (Å²) in [4.78, 5) is 48.0. The summed E-state index contributed by atoms with van der Waals surface area (Å²) in [6, 6.07) is 0. The Kier molecular flexibility index (Phi) is 6.69. The van der Waals surface area contributed by atoms with E-state index in [0.717, 1.165) is 11.3 Å². The van der Waals surface area contributed by atoms with Gasteiger partial charge in [-0.1, -0.05) is 0 Å². The van der Waals surface area contributed by atoms with Crippen LogP contribution in [-0.2, 0) is 16.5 Å². The Morgan fingerprint density at radius 2 is 1.76 bits per heavy atom. The van der Waals surface area contributed by atoms with E-state index < -0.39 is 34.2 Å². The van der Waals surface area contributed by atoms with E-state index in [1.54, 1.807) is 13.8 Å². The van der Waals surface area contributed by atoms with Gasteiger partial charge in [-0.2, -0.15) is 5.10 Å². The molecule has 2 rings (SSSR count). The van der Waals surface area contributed by atoms with Gasteiger partial charge in [-0.05, 0) is 33.3 Å². The van der Waals surface area contributed by atoms with E-state index in [1.807, 2.05) is 0 Å². The van der Waals surface area contributed by atoms with E-state index in [0.29, 0.717) is 0 Å². The molecular formula is C17H20N4O7S. The van der Waals surface area contributed by atoms with Gasteiger partial charge in [0.25, 0.3) is 5.91 Å². The monoisotopic (exact) mass is 424 g/mol. The van der Waals surface area contributed by atoms with Gasteiger partial charge in [-0.15, -0.1) is 11.3 Å². The van der Waals surface area contributed by atoms with Crippen molar-refractivity contribution in [1.82, 2.24) is 9.78 Å². The number of esters is 2. The van der Waals surface area contributed by atoms with Crippen LogP contribution in [0.15, 0.2) is 0 Å². The number of aryl methyl sites for hydroxylation is 1. The normalized spacial score (nSPS) is 10.5. The van der Waals surface area contributed by atoms with Crippen molar-refractivity contribution >= 4 is 39.9 Å². The van der Waals surface area contributed by atoms with E-state index in [9.17, 15) is 24.5 Å². The maximum Gasteiger partial charge on any atom is 0.348 e.